The Hall–Kier alpha value is -3.16. The van der Waals surface area contributed by atoms with Crippen LogP contribution in [0.4, 0.5) is 0 Å². The Morgan fingerprint density at radius 1 is 1.16 bits per heavy atom. The highest BCUT2D eigenvalue weighted by Gasteiger charge is 2.21. The number of methoxy groups -OCH3 is 1. The fourth-order valence-corrected chi connectivity index (χ4v) is 3.73. The molecule has 2 aromatic rings. The van der Waals surface area contributed by atoms with E-state index in [1.807, 2.05) is 6.07 Å². The van der Waals surface area contributed by atoms with Crippen molar-refractivity contribution < 1.29 is 19.5 Å². The van der Waals surface area contributed by atoms with Gasteiger partial charge in [0, 0.05) is 19.2 Å². The van der Waals surface area contributed by atoms with Gasteiger partial charge in [0.1, 0.15) is 5.75 Å². The third kappa shape index (κ3) is 6.67. The average molecular weight is 424 g/mol. The second-order valence-electron chi connectivity index (χ2n) is 7.68. The van der Waals surface area contributed by atoms with Crippen molar-refractivity contribution in [2.24, 2.45) is 5.92 Å². The van der Waals surface area contributed by atoms with E-state index < -0.39 is 5.91 Å². The molecule has 0 radical (unpaired) electrons. The summed E-state index contributed by atoms with van der Waals surface area (Å²) in [6.07, 6.45) is 4.83. The Morgan fingerprint density at radius 2 is 1.90 bits per heavy atom. The monoisotopic (exact) mass is 423 g/mol. The summed E-state index contributed by atoms with van der Waals surface area (Å²) < 4.78 is 5.35. The van der Waals surface area contributed by atoms with Crippen molar-refractivity contribution in [3.63, 3.8) is 0 Å². The zero-order chi connectivity index (χ0) is 22.1. The van der Waals surface area contributed by atoms with Gasteiger partial charge in [0.15, 0.2) is 0 Å². The Balaban J connectivity index is 1.49. The molecule has 3 N–H and O–H groups in total. The number of carbonyl (C=O) groups excluding carboxylic acids is 2. The first kappa shape index (κ1) is 22.5. The molecule has 0 saturated carbocycles. The molecule has 1 aliphatic heterocycles. The first-order valence-corrected chi connectivity index (χ1v) is 10.4. The van der Waals surface area contributed by atoms with Crippen LogP contribution in [0.15, 0.2) is 54.6 Å². The van der Waals surface area contributed by atoms with Crippen LogP contribution in [0.1, 0.15) is 34.3 Å². The quantitative estimate of drug-likeness (QED) is 0.345. The topological polar surface area (TPSA) is 90.9 Å². The number of hydrogen-bond acceptors (Lipinski definition) is 5. The van der Waals surface area contributed by atoms with Gasteiger partial charge in [-0.25, -0.2) is 5.48 Å². The molecular formula is C24H29N3O4. The van der Waals surface area contributed by atoms with Crippen LogP contribution in [0.25, 0.3) is 6.08 Å². The third-order valence-electron chi connectivity index (χ3n) is 5.52. The van der Waals surface area contributed by atoms with E-state index in [1.54, 1.807) is 18.2 Å². The minimum absolute atomic E-state index is 0.174. The normalized spacial score (nSPS) is 15.0. The van der Waals surface area contributed by atoms with E-state index in [0.29, 0.717) is 29.3 Å². The highest BCUT2D eigenvalue weighted by atomic mass is 16.5. The number of amides is 2. The minimum Gasteiger partial charge on any atom is -0.496 e. The number of nitrogens with zero attached hydrogens (tertiary/aromatic N) is 1. The van der Waals surface area contributed by atoms with Gasteiger partial charge in [-0.15, -0.1) is 0 Å². The van der Waals surface area contributed by atoms with Crippen LogP contribution in [-0.2, 0) is 11.3 Å². The fourth-order valence-electron chi connectivity index (χ4n) is 3.73. The lowest BCUT2D eigenvalue weighted by Crippen LogP contribution is -2.38. The Kier molecular flexibility index (Phi) is 8.20. The Labute approximate surface area is 182 Å². The molecule has 7 nitrogen and oxygen atoms in total. The fraction of sp³-hybridized carbons (Fsp3) is 0.333. The molecule has 0 bridgehead atoms. The molecule has 1 aliphatic rings. The molecular weight excluding hydrogens is 394 g/mol. The highest BCUT2D eigenvalue weighted by molar-refractivity contribution is 5.97. The molecule has 2 amide bonds. The van der Waals surface area contributed by atoms with Gasteiger partial charge in [0.05, 0.1) is 12.7 Å². The van der Waals surface area contributed by atoms with Gasteiger partial charge in [-0.2, -0.15) is 0 Å². The second kappa shape index (κ2) is 11.3. The zero-order valence-electron chi connectivity index (χ0n) is 17.7. The summed E-state index contributed by atoms with van der Waals surface area (Å²) in [6, 6.07) is 15.6. The molecule has 1 heterocycles. The summed E-state index contributed by atoms with van der Waals surface area (Å²) in [5.41, 5.74) is 4.00. The number of hydroxylamine groups is 1. The van der Waals surface area contributed by atoms with Crippen LogP contribution in [-0.4, -0.2) is 48.7 Å². The smallest absolute Gasteiger partial charge is 0.267 e. The maximum atomic E-state index is 12.7. The summed E-state index contributed by atoms with van der Waals surface area (Å²) in [5, 5.41) is 11.6. The highest BCUT2D eigenvalue weighted by Crippen LogP contribution is 2.22. The zero-order valence-corrected chi connectivity index (χ0v) is 17.7. The third-order valence-corrected chi connectivity index (χ3v) is 5.52. The number of rotatable bonds is 8. The largest absolute Gasteiger partial charge is 0.496 e. The summed E-state index contributed by atoms with van der Waals surface area (Å²) >= 11 is 0. The van der Waals surface area contributed by atoms with Gasteiger partial charge in [0.25, 0.3) is 11.8 Å². The molecule has 0 aromatic heterocycles. The van der Waals surface area contributed by atoms with Gasteiger partial charge in [-0.05, 0) is 61.2 Å². The lowest BCUT2D eigenvalue weighted by molar-refractivity contribution is -0.124. The van der Waals surface area contributed by atoms with Crippen molar-refractivity contribution in [1.29, 1.82) is 0 Å². The molecule has 0 unspecified atom stereocenters. The van der Waals surface area contributed by atoms with Gasteiger partial charge < -0.3 is 10.1 Å². The van der Waals surface area contributed by atoms with Crippen molar-refractivity contribution >= 4 is 17.9 Å². The number of benzene rings is 2. The summed E-state index contributed by atoms with van der Waals surface area (Å²) in [7, 11) is 1.50. The molecule has 31 heavy (non-hydrogen) atoms. The van der Waals surface area contributed by atoms with E-state index >= 15 is 0 Å². The number of carbonyl (C=O) groups is 2. The van der Waals surface area contributed by atoms with Crippen molar-refractivity contribution in [3.05, 3.63) is 71.3 Å². The number of ether oxygens (including phenoxy) is 1. The van der Waals surface area contributed by atoms with Crippen LogP contribution < -0.4 is 15.5 Å². The number of nitrogens with one attached hydrogen (secondary N) is 2. The summed E-state index contributed by atoms with van der Waals surface area (Å²) in [5.74, 6) is 0.0886. The predicted molar refractivity (Wildman–Crippen MR) is 119 cm³/mol. The van der Waals surface area contributed by atoms with Crippen LogP contribution in [0, 0.1) is 5.92 Å². The lowest BCUT2D eigenvalue weighted by Gasteiger charge is -2.32. The van der Waals surface area contributed by atoms with E-state index in [-0.39, 0.29) is 5.91 Å². The molecule has 3 rings (SSSR count). The van der Waals surface area contributed by atoms with Gasteiger partial charge in [-0.1, -0.05) is 36.4 Å². The number of piperidine rings is 1. The van der Waals surface area contributed by atoms with Gasteiger partial charge in [-0.3, -0.25) is 19.7 Å². The summed E-state index contributed by atoms with van der Waals surface area (Å²) in [4.78, 5) is 26.3. The second-order valence-corrected chi connectivity index (χ2v) is 7.68. The van der Waals surface area contributed by atoms with E-state index in [0.717, 1.165) is 32.5 Å². The maximum Gasteiger partial charge on any atom is 0.267 e. The van der Waals surface area contributed by atoms with Crippen LogP contribution >= 0.6 is 0 Å². The van der Waals surface area contributed by atoms with Crippen molar-refractivity contribution in [2.45, 2.75) is 19.4 Å². The average Bonchev–Trinajstić information content (AvgIpc) is 2.82. The number of hydrogen-bond donors (Lipinski definition) is 3. The van der Waals surface area contributed by atoms with E-state index in [2.05, 4.69) is 34.5 Å². The van der Waals surface area contributed by atoms with Crippen LogP contribution in [0.5, 0.6) is 5.75 Å². The van der Waals surface area contributed by atoms with Crippen LogP contribution in [0.3, 0.4) is 0 Å². The van der Waals surface area contributed by atoms with Crippen molar-refractivity contribution in [1.82, 2.24) is 15.7 Å². The number of likely N-dealkylation sites (tertiary alicyclic amines) is 1. The van der Waals surface area contributed by atoms with Crippen molar-refractivity contribution in [3.8, 4) is 5.75 Å². The molecule has 2 aromatic carbocycles. The molecule has 1 saturated heterocycles. The lowest BCUT2D eigenvalue weighted by atomic mass is 9.96. The SMILES string of the molecule is COc1cc(C=CC(=O)NO)ccc1C(=O)NCC1CCN(Cc2ccccc2)CC1. The molecule has 1 fully saturated rings. The molecule has 0 atom stereocenters. The van der Waals surface area contributed by atoms with Gasteiger partial charge in [0.2, 0.25) is 0 Å². The molecule has 164 valence electrons. The summed E-state index contributed by atoms with van der Waals surface area (Å²) in [6.45, 7) is 3.67. The standard InChI is InChI=1S/C24H29N3O4/c1-31-22-15-18(8-10-23(28)26-30)7-9-21(22)24(29)25-16-19-11-13-27(14-12-19)17-20-5-3-2-4-6-20/h2-10,15,19,30H,11-14,16-17H2,1H3,(H,25,29)(H,26,28). The molecule has 7 heteroatoms. The van der Waals surface area contributed by atoms with E-state index in [4.69, 9.17) is 9.94 Å². The Morgan fingerprint density at radius 3 is 2.58 bits per heavy atom. The first-order chi connectivity index (χ1) is 15.1. The maximum absolute atomic E-state index is 12.7. The van der Waals surface area contributed by atoms with Crippen molar-refractivity contribution in [2.75, 3.05) is 26.7 Å². The van der Waals surface area contributed by atoms with Crippen LogP contribution in [0.2, 0.25) is 0 Å². The van der Waals surface area contributed by atoms with E-state index in [1.165, 1.54) is 30.3 Å². The van der Waals surface area contributed by atoms with E-state index in [9.17, 15) is 9.59 Å². The molecule has 0 spiro atoms. The van der Waals surface area contributed by atoms with Gasteiger partial charge >= 0.3 is 0 Å². The predicted octanol–water partition coefficient (Wildman–Crippen LogP) is 2.86. The first-order valence-electron chi connectivity index (χ1n) is 10.4. The minimum atomic E-state index is -0.629. The Bertz CT molecular complexity index is 906. The molecule has 0 aliphatic carbocycles.